The van der Waals surface area contributed by atoms with Gasteiger partial charge in [-0.05, 0) is 192 Å². The molecule has 29 nitrogen and oxygen atoms in total. The van der Waals surface area contributed by atoms with Gasteiger partial charge in [0.2, 0.25) is 0 Å². The molecule has 6 aromatic heterocycles. The first-order valence-electron chi connectivity index (χ1n) is 37.3. The number of anilines is 3. The molecule has 0 atom stereocenters. The molecular weight excluding hydrogens is 1620 g/mol. The van der Waals surface area contributed by atoms with Crippen LogP contribution in [0.1, 0.15) is 182 Å². The summed E-state index contributed by atoms with van der Waals surface area (Å²) in [5, 5.41) is 38.2. The lowest BCUT2D eigenvalue weighted by Gasteiger charge is -2.45. The lowest BCUT2D eigenvalue weighted by atomic mass is 9.65. The zero-order chi connectivity index (χ0) is 84.6. The van der Waals surface area contributed by atoms with Crippen molar-refractivity contribution in [2.24, 2.45) is 33.4 Å². The number of aliphatic carboxylic acids is 1. The predicted molar refractivity (Wildman–Crippen MR) is 430 cm³/mol. The van der Waals surface area contributed by atoms with Gasteiger partial charge in [0.05, 0.1) is 54.5 Å². The summed E-state index contributed by atoms with van der Waals surface area (Å²) >= 11 is 0. The maximum atomic E-state index is 13.1. The van der Waals surface area contributed by atoms with E-state index in [1.807, 2.05) is 26.7 Å². The number of nitrogens with zero attached hydrogens (tertiary/aromatic N) is 14. The molecule has 14 N–H and O–H groups in total. The number of carbonyl (C=O) groups is 6. The molecule has 6 aliphatic rings. The minimum atomic E-state index is -4.45. The van der Waals surface area contributed by atoms with Crippen LogP contribution in [0.25, 0.3) is 34.2 Å². The second-order valence-corrected chi connectivity index (χ2v) is 31.3. The number of benzene rings is 3. The molecule has 120 heavy (non-hydrogen) atoms. The average Bonchev–Trinajstić information content (AvgIpc) is 1.55. The van der Waals surface area contributed by atoms with Crippen LogP contribution >= 0.6 is 24.8 Å². The fourth-order valence-electron chi connectivity index (χ4n) is 16.2. The lowest BCUT2D eigenvalue weighted by molar-refractivity contribution is -0.138. The number of amides is 5. The SMILES string of the molecule is C.CC#CC(=O)N1CCC2(CC(n3nc(-c4ccn(Cc5cccc(C(F)(F)F)c5)n4)c(C(N)=O)c3N)C2)C1.CC#CC(=O)O.CC(C)(C)OC(=O)N1CCC2(CC(n3nc(-c4ccn(Cc5cccc(C(F)(F)F)c5)n4)c(C(N)=O)c3N)C2)C1.Cl.Cl.NC(=O)c1c(-c2ccn(Cc3cccc(C(F)(F)F)c3)n2)nn(C2CC3(CCNC3)C2)c1N. The number of aromatic nitrogens is 12. The third kappa shape index (κ3) is 20.4. The first-order valence-corrected chi connectivity index (χ1v) is 37.3. The van der Waals surface area contributed by atoms with Gasteiger partial charge in [-0.3, -0.25) is 33.2 Å². The van der Waals surface area contributed by atoms with Crippen molar-refractivity contribution in [3.05, 3.63) is 160 Å². The van der Waals surface area contributed by atoms with Gasteiger partial charge >= 0.3 is 30.6 Å². The number of alkyl halides is 9. The van der Waals surface area contributed by atoms with E-state index in [4.69, 9.17) is 44.2 Å². The number of likely N-dealkylation sites (tertiary alicyclic amines) is 2. The Bertz CT molecular complexity index is 5410. The summed E-state index contributed by atoms with van der Waals surface area (Å²) in [6, 6.07) is 19.9. The Morgan fingerprint density at radius 3 is 1.12 bits per heavy atom. The molecule has 642 valence electrons. The van der Waals surface area contributed by atoms with E-state index in [0.29, 0.717) is 60.0 Å². The van der Waals surface area contributed by atoms with Gasteiger partial charge in [0.15, 0.2) is 0 Å². The average molecular weight is 1720 g/mol. The second-order valence-electron chi connectivity index (χ2n) is 31.3. The van der Waals surface area contributed by atoms with Crippen molar-refractivity contribution in [1.29, 1.82) is 0 Å². The van der Waals surface area contributed by atoms with Crippen LogP contribution in [-0.4, -0.2) is 154 Å². The van der Waals surface area contributed by atoms with Crippen LogP contribution in [0, 0.1) is 39.9 Å². The number of ether oxygens (including phenoxy) is 1. The number of carboxylic acid groups (broad SMARTS) is 1. The molecule has 0 bridgehead atoms. The fourth-order valence-corrected chi connectivity index (χ4v) is 16.2. The molecule has 9 heterocycles. The summed E-state index contributed by atoms with van der Waals surface area (Å²) < 4.78 is 132. The number of hydrogen-bond donors (Lipinski definition) is 8. The monoisotopic (exact) mass is 1720 g/mol. The van der Waals surface area contributed by atoms with Crippen LogP contribution in [0.2, 0.25) is 0 Å². The van der Waals surface area contributed by atoms with Crippen LogP contribution in [0.15, 0.2) is 110 Å². The highest BCUT2D eigenvalue weighted by molar-refractivity contribution is 6.04. The molecule has 9 aromatic rings. The van der Waals surface area contributed by atoms with Crippen molar-refractivity contribution in [1.82, 2.24) is 73.8 Å². The number of nitrogens with one attached hydrogen (secondary N) is 1. The fraction of sp³-hybridized carbons (Fsp3) is 0.425. The summed E-state index contributed by atoms with van der Waals surface area (Å²) in [4.78, 5) is 74.4. The van der Waals surface area contributed by atoms with Crippen molar-refractivity contribution in [3.8, 4) is 57.8 Å². The first-order chi connectivity index (χ1) is 55.1. The summed E-state index contributed by atoms with van der Waals surface area (Å²) in [6.07, 6.45) is -1.25. The van der Waals surface area contributed by atoms with Crippen molar-refractivity contribution in [2.75, 3.05) is 56.5 Å². The molecule has 3 aliphatic carbocycles. The highest BCUT2D eigenvalue weighted by Crippen LogP contribution is 2.57. The minimum absolute atomic E-state index is 0. The second kappa shape index (κ2) is 35.9. The molecular formula is C80H92Cl2F9N21O8. The third-order valence-electron chi connectivity index (χ3n) is 21.7. The van der Waals surface area contributed by atoms with Gasteiger partial charge in [-0.2, -0.15) is 70.1 Å². The van der Waals surface area contributed by atoms with Crippen molar-refractivity contribution in [3.63, 3.8) is 0 Å². The Kier molecular flexibility index (Phi) is 27.5. The molecule has 3 aromatic carbocycles. The molecule has 5 amide bonds. The zero-order valence-electron chi connectivity index (χ0n) is 65.1. The Morgan fingerprint density at radius 2 is 0.833 bits per heavy atom. The number of carbonyl (C=O) groups excluding carboxylic acids is 5. The number of nitrogen functional groups attached to an aromatic ring is 3. The molecule has 3 saturated carbocycles. The van der Waals surface area contributed by atoms with Crippen LogP contribution in [0.4, 0.5) is 61.8 Å². The largest absolute Gasteiger partial charge is 0.472 e. The van der Waals surface area contributed by atoms with Gasteiger partial charge in [-0.1, -0.05) is 55.7 Å². The quantitative estimate of drug-likeness (QED) is 0.0349. The van der Waals surface area contributed by atoms with Gasteiger partial charge in [-0.15, -0.1) is 24.8 Å². The van der Waals surface area contributed by atoms with Crippen molar-refractivity contribution >= 4 is 78.0 Å². The third-order valence-corrected chi connectivity index (χ3v) is 21.7. The smallest absolute Gasteiger partial charge is 0.416 e. The number of hydrogen-bond acceptors (Lipinski definition) is 17. The van der Waals surface area contributed by atoms with Crippen molar-refractivity contribution in [2.45, 2.75) is 162 Å². The zero-order valence-corrected chi connectivity index (χ0v) is 66.7. The van der Waals surface area contributed by atoms with E-state index in [2.05, 4.69) is 53.7 Å². The van der Waals surface area contributed by atoms with E-state index in [9.17, 15) is 68.3 Å². The predicted octanol–water partition coefficient (Wildman–Crippen LogP) is 11.9. The van der Waals surface area contributed by atoms with Crippen LogP contribution in [0.3, 0.4) is 0 Å². The summed E-state index contributed by atoms with van der Waals surface area (Å²) in [5.74, 6) is 6.37. The molecule has 40 heteroatoms. The van der Waals surface area contributed by atoms with E-state index in [0.717, 1.165) is 107 Å². The highest BCUT2D eigenvalue weighted by Gasteiger charge is 2.54. The molecule has 3 spiro atoms. The molecule has 0 unspecified atom stereocenters. The summed E-state index contributed by atoms with van der Waals surface area (Å²) in [6.45, 7) is 13.3. The highest BCUT2D eigenvalue weighted by atomic mass is 35.5. The van der Waals surface area contributed by atoms with Crippen LogP contribution in [0.5, 0.6) is 0 Å². The van der Waals surface area contributed by atoms with E-state index < -0.39 is 64.5 Å². The summed E-state index contributed by atoms with van der Waals surface area (Å²) in [5.41, 5.74) is 36.5. The Morgan fingerprint density at radius 1 is 0.500 bits per heavy atom. The van der Waals surface area contributed by atoms with E-state index in [1.165, 1.54) is 39.2 Å². The maximum Gasteiger partial charge on any atom is 0.416 e. The van der Waals surface area contributed by atoms with Gasteiger partial charge in [0, 0.05) is 57.2 Å². The Balaban J connectivity index is 0.000000196. The van der Waals surface area contributed by atoms with Gasteiger partial charge < -0.3 is 59.4 Å². The Labute approximate surface area is 695 Å². The van der Waals surface area contributed by atoms with Gasteiger partial charge in [0.25, 0.3) is 23.6 Å². The molecule has 3 saturated heterocycles. The topological polar surface area (TPSA) is 413 Å². The van der Waals surface area contributed by atoms with Crippen LogP contribution in [-0.2, 0) is 52.5 Å². The lowest BCUT2D eigenvalue weighted by Crippen LogP contribution is -2.43. The van der Waals surface area contributed by atoms with E-state index in [1.54, 1.807) is 85.8 Å². The van der Waals surface area contributed by atoms with E-state index in [-0.39, 0.29) is 149 Å². The Hall–Kier alpha value is -12.0. The maximum absolute atomic E-state index is 13.1. The van der Waals surface area contributed by atoms with Crippen molar-refractivity contribution < 1.29 is 78.1 Å². The number of rotatable bonds is 15. The normalized spacial score (nSPS) is 20.1. The van der Waals surface area contributed by atoms with E-state index >= 15 is 0 Å². The molecule has 0 radical (unpaired) electrons. The van der Waals surface area contributed by atoms with Gasteiger partial charge in [0.1, 0.15) is 73.9 Å². The first kappa shape index (κ1) is 91.9. The standard InChI is InChI=1S/C27H32F3N7O3.C26H26F3N7O2.C22H24F3N7O.C4H4O2.CH4.2ClH/c1-25(2,3)40-24(39)35-10-8-26(15-35)12-18(13-26)37-22(31)20(23(32)38)21(34-37)19-7-9-36(33-19)14-16-5-4-6-17(11-16)27(28,29)30;1-2-4-20(37)34-10-8-25(15-34)12-18(13-25)36-23(30)21(24(31)38)22(33-36)19-7-9-35(32-19)14-16-5-3-6-17(11-16)26(27,28)29;23-22(24,25)14-3-1-2-13(8-14)11-31-7-4-16(29-31)18-17(20(27)33)19(26)32(30-18)15-9-21(10-15)5-6-28-12-21;1-2-3-4(5)6;;;/h4-7,9,11,18H,8,10,12-15,31H2,1-3H3,(H2,32,38);3,5-7,9,11,18H,8,10,12-15,30H2,1H3,(H2,31,38);1-4,7-8,15,28H,5-6,9-12,26H2,(H2,27,33);1H3,(H,5,6);1H4;2*1H. The summed E-state index contributed by atoms with van der Waals surface area (Å²) in [7, 11) is 0. The molecule has 6 fully saturated rings. The van der Waals surface area contributed by atoms with Gasteiger partial charge in [-0.25, -0.2) is 23.6 Å². The molecule has 3 aliphatic heterocycles. The number of halogens is 11. The van der Waals surface area contributed by atoms with Crippen LogP contribution < -0.4 is 39.7 Å². The number of nitrogens with two attached hydrogens (primary N) is 6. The number of primary amides is 3. The molecule has 15 rings (SSSR count). The number of carboxylic acids is 1. The minimum Gasteiger partial charge on any atom is -0.472 e.